The van der Waals surface area contributed by atoms with Gasteiger partial charge in [-0.15, -0.1) is 0 Å². The van der Waals surface area contributed by atoms with Crippen LogP contribution in [0.25, 0.3) is 0 Å². The molecule has 1 aromatic rings. The van der Waals surface area contributed by atoms with Crippen molar-refractivity contribution in [3.63, 3.8) is 0 Å². The molecule has 3 unspecified atom stereocenters. The lowest BCUT2D eigenvalue weighted by molar-refractivity contribution is -0.137. The lowest BCUT2D eigenvalue weighted by atomic mass is 9.52. The highest BCUT2D eigenvalue weighted by Crippen LogP contribution is 2.55. The van der Waals surface area contributed by atoms with E-state index < -0.39 is 5.60 Å². The van der Waals surface area contributed by atoms with Crippen LogP contribution < -0.4 is 10.1 Å². The molecule has 30 heavy (non-hydrogen) atoms. The van der Waals surface area contributed by atoms with E-state index in [1.165, 1.54) is 12.8 Å². The molecule has 6 fully saturated rings. The first kappa shape index (κ1) is 19.0. The fourth-order valence-corrected chi connectivity index (χ4v) is 7.92. The normalized spacial score (nSPS) is 43.6. The fraction of sp³-hybridized carbons (Fsp3) is 0.720. The van der Waals surface area contributed by atoms with Gasteiger partial charge in [0.05, 0.1) is 12.2 Å². The molecule has 5 atom stereocenters. The molecule has 5 nitrogen and oxygen atoms in total. The number of nitrogens with zero attached hydrogens (tertiary/aromatic N) is 1. The number of para-hydroxylation sites is 1. The van der Waals surface area contributed by atoms with Crippen LogP contribution >= 0.6 is 0 Å². The third kappa shape index (κ3) is 3.30. The summed E-state index contributed by atoms with van der Waals surface area (Å²) in [4.78, 5) is 15.5. The highest BCUT2D eigenvalue weighted by Gasteiger charge is 2.55. The molecule has 162 valence electrons. The van der Waals surface area contributed by atoms with Crippen molar-refractivity contribution >= 4 is 6.03 Å². The van der Waals surface area contributed by atoms with Gasteiger partial charge in [-0.25, -0.2) is 4.79 Å². The molecule has 2 amide bonds. The zero-order valence-electron chi connectivity index (χ0n) is 17.7. The number of aliphatic hydroxyl groups is 1. The quantitative estimate of drug-likeness (QED) is 0.790. The van der Waals surface area contributed by atoms with Crippen LogP contribution in [0.5, 0.6) is 5.75 Å². The van der Waals surface area contributed by atoms with Crippen LogP contribution in [0.1, 0.15) is 57.8 Å². The summed E-state index contributed by atoms with van der Waals surface area (Å²) in [7, 11) is 0. The van der Waals surface area contributed by atoms with Crippen LogP contribution in [0.2, 0.25) is 0 Å². The van der Waals surface area contributed by atoms with Crippen LogP contribution in [0.15, 0.2) is 30.3 Å². The zero-order chi connectivity index (χ0) is 20.3. The second-order valence-electron chi connectivity index (χ2n) is 10.9. The Kier molecular flexibility index (Phi) is 4.52. The number of urea groups is 1. The monoisotopic (exact) mass is 410 g/mol. The first-order chi connectivity index (χ1) is 14.6. The van der Waals surface area contributed by atoms with E-state index in [2.05, 4.69) is 10.2 Å². The van der Waals surface area contributed by atoms with Gasteiger partial charge in [0, 0.05) is 18.1 Å². The van der Waals surface area contributed by atoms with E-state index in [4.69, 9.17) is 4.74 Å². The molecule has 2 aliphatic heterocycles. The smallest absolute Gasteiger partial charge is 0.318 e. The number of amides is 2. The fourth-order valence-electron chi connectivity index (χ4n) is 7.92. The molecular weight excluding hydrogens is 376 g/mol. The summed E-state index contributed by atoms with van der Waals surface area (Å²) >= 11 is 0. The van der Waals surface area contributed by atoms with E-state index in [0.717, 1.165) is 57.3 Å². The van der Waals surface area contributed by atoms with Gasteiger partial charge in [-0.1, -0.05) is 18.2 Å². The Bertz CT molecular complexity index is 769. The average Bonchev–Trinajstić information content (AvgIpc) is 2.99. The maximum Gasteiger partial charge on any atom is 0.318 e. The van der Waals surface area contributed by atoms with Gasteiger partial charge in [0.15, 0.2) is 0 Å². The number of hydrogen-bond donors (Lipinski definition) is 2. The third-order valence-electron chi connectivity index (χ3n) is 8.83. The topological polar surface area (TPSA) is 61.8 Å². The summed E-state index contributed by atoms with van der Waals surface area (Å²) in [5.41, 5.74) is -0.437. The Morgan fingerprint density at radius 1 is 1.03 bits per heavy atom. The maximum atomic E-state index is 13.3. The molecule has 5 heteroatoms. The van der Waals surface area contributed by atoms with Crippen LogP contribution in [-0.4, -0.2) is 46.4 Å². The highest BCUT2D eigenvalue weighted by molar-refractivity contribution is 5.76. The highest BCUT2D eigenvalue weighted by atomic mass is 16.5. The van der Waals surface area contributed by atoms with Crippen molar-refractivity contribution < 1.29 is 14.6 Å². The van der Waals surface area contributed by atoms with Gasteiger partial charge >= 0.3 is 6.03 Å². The molecule has 2 N–H and O–H groups in total. The van der Waals surface area contributed by atoms with E-state index in [1.807, 2.05) is 30.3 Å². The number of benzene rings is 1. The van der Waals surface area contributed by atoms with E-state index >= 15 is 0 Å². The van der Waals surface area contributed by atoms with Gasteiger partial charge in [-0.2, -0.15) is 0 Å². The molecule has 4 aliphatic carbocycles. The van der Waals surface area contributed by atoms with E-state index in [-0.39, 0.29) is 12.1 Å². The van der Waals surface area contributed by atoms with Crippen LogP contribution in [0.3, 0.4) is 0 Å². The first-order valence-electron chi connectivity index (χ1n) is 12.1. The number of ether oxygens (including phenoxy) is 1. The zero-order valence-corrected chi connectivity index (χ0v) is 17.7. The second-order valence-corrected chi connectivity index (χ2v) is 10.9. The molecule has 4 saturated carbocycles. The molecule has 0 spiro atoms. The van der Waals surface area contributed by atoms with Gasteiger partial charge in [0.1, 0.15) is 5.75 Å². The van der Waals surface area contributed by atoms with Gasteiger partial charge in [-0.05, 0) is 93.6 Å². The van der Waals surface area contributed by atoms with E-state index in [1.54, 1.807) is 0 Å². The standard InChI is InChI=1S/C25H34N2O3/c28-24(26-23-18-8-16-9-19(23)14-25(29,12-16)13-18)27-20-6-7-21(27)11-17(10-20)15-30-22-4-2-1-3-5-22/h1-5,16-21,23,29H,6-15H2,(H,26,28)/t16?,17?,18?,19?,20-,21+,23-,25-. The molecule has 2 saturated heterocycles. The SMILES string of the molecule is O=C(N[C@H]1C2CC3CC1C[C@](O)(C3)C2)N1[C@@H]2CC[C@H]1CC(COc1ccccc1)C2. The largest absolute Gasteiger partial charge is 0.493 e. The number of carbonyl (C=O) groups excluding carboxylic acids is 1. The van der Waals surface area contributed by atoms with Gasteiger partial charge in [0.25, 0.3) is 0 Å². The Hall–Kier alpha value is -1.75. The Morgan fingerprint density at radius 2 is 1.70 bits per heavy atom. The first-order valence-corrected chi connectivity index (χ1v) is 12.1. The summed E-state index contributed by atoms with van der Waals surface area (Å²) in [6, 6.07) is 11.2. The number of hydrogen-bond acceptors (Lipinski definition) is 3. The third-order valence-corrected chi connectivity index (χ3v) is 8.83. The molecule has 6 aliphatic rings. The minimum Gasteiger partial charge on any atom is -0.493 e. The van der Waals surface area contributed by atoms with Crippen molar-refractivity contribution in [3.05, 3.63) is 30.3 Å². The average molecular weight is 411 g/mol. The molecule has 7 rings (SSSR count). The summed E-state index contributed by atoms with van der Waals surface area (Å²) in [5, 5.41) is 14.3. The van der Waals surface area contributed by atoms with E-state index in [0.29, 0.717) is 35.8 Å². The summed E-state index contributed by atoms with van der Waals surface area (Å²) < 4.78 is 6.02. The van der Waals surface area contributed by atoms with Crippen LogP contribution in [0, 0.1) is 23.7 Å². The summed E-state index contributed by atoms with van der Waals surface area (Å²) in [6.45, 7) is 0.749. The van der Waals surface area contributed by atoms with Crippen molar-refractivity contribution in [2.24, 2.45) is 23.7 Å². The van der Waals surface area contributed by atoms with E-state index in [9.17, 15) is 9.90 Å². The van der Waals surface area contributed by atoms with Crippen molar-refractivity contribution in [2.75, 3.05) is 6.61 Å². The minimum absolute atomic E-state index is 0.161. The van der Waals surface area contributed by atoms with Gasteiger partial charge < -0.3 is 20.1 Å². The second kappa shape index (κ2) is 7.15. The molecule has 2 heterocycles. The summed E-state index contributed by atoms with van der Waals surface area (Å²) in [6.07, 6.45) is 9.49. The van der Waals surface area contributed by atoms with Gasteiger partial charge in [0.2, 0.25) is 0 Å². The van der Waals surface area contributed by atoms with Crippen LogP contribution in [0.4, 0.5) is 4.79 Å². The molecule has 0 radical (unpaired) electrons. The predicted molar refractivity (Wildman–Crippen MR) is 114 cm³/mol. The minimum atomic E-state index is -0.437. The molecule has 6 bridgehead atoms. The van der Waals surface area contributed by atoms with Crippen molar-refractivity contribution in [3.8, 4) is 5.75 Å². The predicted octanol–water partition coefficient (Wildman–Crippen LogP) is 3.96. The van der Waals surface area contributed by atoms with Crippen molar-refractivity contribution in [1.82, 2.24) is 10.2 Å². The lowest BCUT2D eigenvalue weighted by Gasteiger charge is -2.58. The van der Waals surface area contributed by atoms with Gasteiger partial charge in [-0.3, -0.25) is 0 Å². The Balaban J connectivity index is 1.07. The number of piperidine rings is 1. The van der Waals surface area contributed by atoms with Crippen molar-refractivity contribution in [2.45, 2.75) is 81.5 Å². The molecule has 0 aromatic heterocycles. The number of fused-ring (bicyclic) bond motifs is 2. The maximum absolute atomic E-state index is 13.3. The summed E-state index contributed by atoms with van der Waals surface area (Å²) in [5.74, 6) is 3.09. The number of rotatable bonds is 4. The molecule has 1 aromatic carbocycles. The Morgan fingerprint density at radius 3 is 2.33 bits per heavy atom. The molecular formula is C25H34N2O3. The number of carbonyl (C=O) groups is 1. The van der Waals surface area contributed by atoms with Crippen molar-refractivity contribution in [1.29, 1.82) is 0 Å². The Labute approximate surface area is 179 Å². The lowest BCUT2D eigenvalue weighted by Crippen LogP contribution is -2.63. The number of nitrogens with one attached hydrogen (secondary N) is 1. The van der Waals surface area contributed by atoms with Crippen LogP contribution in [-0.2, 0) is 0 Å².